The molecule has 8 nitrogen and oxygen atoms in total. The first-order valence-corrected chi connectivity index (χ1v) is 9.98. The SMILES string of the molecule is CCCCNC(=S)N1CCN(S(=O)(=O)c2cccc([N+](=O)[O-])c2)CC1. The van der Waals surface area contributed by atoms with Gasteiger partial charge in [0.25, 0.3) is 5.69 Å². The van der Waals surface area contributed by atoms with Gasteiger partial charge >= 0.3 is 0 Å². The first-order valence-electron chi connectivity index (χ1n) is 8.13. The zero-order valence-corrected chi connectivity index (χ0v) is 15.7. The fraction of sp³-hybridized carbons (Fsp3) is 0.533. The van der Waals surface area contributed by atoms with E-state index in [4.69, 9.17) is 12.2 Å². The van der Waals surface area contributed by atoms with Crippen LogP contribution in [0, 0.1) is 10.1 Å². The smallest absolute Gasteiger partial charge is 0.270 e. The number of rotatable bonds is 6. The first kappa shape index (κ1) is 19.5. The Morgan fingerprint density at radius 2 is 2.00 bits per heavy atom. The number of sulfonamides is 1. The maximum atomic E-state index is 12.7. The zero-order chi connectivity index (χ0) is 18.4. The molecule has 1 aromatic rings. The molecule has 25 heavy (non-hydrogen) atoms. The average Bonchev–Trinajstić information content (AvgIpc) is 2.62. The van der Waals surface area contributed by atoms with Crippen molar-refractivity contribution in [2.24, 2.45) is 0 Å². The van der Waals surface area contributed by atoms with Gasteiger partial charge in [-0.15, -0.1) is 0 Å². The molecule has 1 fully saturated rings. The van der Waals surface area contributed by atoms with Gasteiger partial charge in [0.05, 0.1) is 9.82 Å². The summed E-state index contributed by atoms with van der Waals surface area (Å²) in [5.41, 5.74) is -0.235. The Labute approximate surface area is 153 Å². The van der Waals surface area contributed by atoms with E-state index < -0.39 is 14.9 Å². The van der Waals surface area contributed by atoms with Crippen molar-refractivity contribution in [2.75, 3.05) is 32.7 Å². The van der Waals surface area contributed by atoms with Gasteiger partial charge in [-0.05, 0) is 24.7 Å². The molecule has 0 radical (unpaired) electrons. The third-order valence-electron chi connectivity index (χ3n) is 4.00. The number of non-ortho nitro benzene ring substituents is 1. The molecule has 0 aromatic heterocycles. The molecular formula is C15H22N4O4S2. The fourth-order valence-electron chi connectivity index (χ4n) is 2.52. The third-order valence-corrected chi connectivity index (χ3v) is 6.30. The van der Waals surface area contributed by atoms with E-state index in [1.807, 2.05) is 4.90 Å². The molecule has 1 aliphatic heterocycles. The molecule has 0 unspecified atom stereocenters. The molecule has 0 aliphatic carbocycles. The minimum absolute atomic E-state index is 0.0567. The van der Waals surface area contributed by atoms with Crippen molar-refractivity contribution in [1.29, 1.82) is 0 Å². The zero-order valence-electron chi connectivity index (χ0n) is 14.1. The van der Waals surface area contributed by atoms with Crippen LogP contribution in [0.2, 0.25) is 0 Å². The van der Waals surface area contributed by atoms with Gasteiger partial charge in [0.15, 0.2) is 5.11 Å². The lowest BCUT2D eigenvalue weighted by Crippen LogP contribution is -2.53. The van der Waals surface area contributed by atoms with E-state index in [2.05, 4.69) is 12.2 Å². The Morgan fingerprint density at radius 3 is 2.60 bits per heavy atom. The van der Waals surface area contributed by atoms with Crippen LogP contribution < -0.4 is 5.32 Å². The Bertz CT molecular complexity index is 731. The molecule has 0 amide bonds. The van der Waals surface area contributed by atoms with Crippen LogP contribution in [-0.2, 0) is 10.0 Å². The summed E-state index contributed by atoms with van der Waals surface area (Å²) in [4.78, 5) is 12.1. The van der Waals surface area contributed by atoms with Gasteiger partial charge in [-0.1, -0.05) is 19.4 Å². The highest BCUT2D eigenvalue weighted by molar-refractivity contribution is 7.89. The highest BCUT2D eigenvalue weighted by Crippen LogP contribution is 2.22. The Kier molecular flexibility index (Phi) is 6.68. The van der Waals surface area contributed by atoms with Crippen LogP contribution in [0.25, 0.3) is 0 Å². The van der Waals surface area contributed by atoms with Gasteiger partial charge in [0, 0.05) is 44.9 Å². The molecule has 0 spiro atoms. The Morgan fingerprint density at radius 1 is 1.32 bits per heavy atom. The second-order valence-corrected chi connectivity index (χ2v) is 8.06. The van der Waals surface area contributed by atoms with Gasteiger partial charge in [-0.2, -0.15) is 4.31 Å². The lowest BCUT2D eigenvalue weighted by Gasteiger charge is -2.35. The second kappa shape index (κ2) is 8.54. The van der Waals surface area contributed by atoms with Crippen molar-refractivity contribution in [3.63, 3.8) is 0 Å². The van der Waals surface area contributed by atoms with Crippen LogP contribution in [0.1, 0.15) is 19.8 Å². The van der Waals surface area contributed by atoms with E-state index in [1.54, 1.807) is 0 Å². The lowest BCUT2D eigenvalue weighted by molar-refractivity contribution is -0.385. The fourth-order valence-corrected chi connectivity index (χ4v) is 4.27. The summed E-state index contributed by atoms with van der Waals surface area (Å²) >= 11 is 5.33. The third kappa shape index (κ3) is 4.86. The quantitative estimate of drug-likeness (QED) is 0.343. The van der Waals surface area contributed by atoms with Crippen LogP contribution in [0.15, 0.2) is 29.2 Å². The molecule has 1 aliphatic rings. The van der Waals surface area contributed by atoms with E-state index in [9.17, 15) is 18.5 Å². The second-order valence-electron chi connectivity index (χ2n) is 5.73. The van der Waals surface area contributed by atoms with Crippen LogP contribution in [0.5, 0.6) is 0 Å². The van der Waals surface area contributed by atoms with Gasteiger partial charge in [0.1, 0.15) is 0 Å². The molecule has 0 bridgehead atoms. The summed E-state index contributed by atoms with van der Waals surface area (Å²) in [5, 5.41) is 14.7. The molecule has 1 N–H and O–H groups in total. The highest BCUT2D eigenvalue weighted by Gasteiger charge is 2.30. The van der Waals surface area contributed by atoms with Crippen LogP contribution >= 0.6 is 12.2 Å². The van der Waals surface area contributed by atoms with Gasteiger partial charge in [-0.25, -0.2) is 8.42 Å². The maximum absolute atomic E-state index is 12.7. The van der Waals surface area contributed by atoms with E-state index in [0.29, 0.717) is 31.3 Å². The molecule has 0 atom stereocenters. The molecule has 1 aromatic carbocycles. The summed E-state index contributed by atoms with van der Waals surface area (Å²) in [6, 6.07) is 5.13. The van der Waals surface area contributed by atoms with Crippen molar-refractivity contribution in [3.05, 3.63) is 34.4 Å². The van der Waals surface area contributed by atoms with E-state index in [1.165, 1.54) is 22.5 Å². The minimum atomic E-state index is -3.75. The summed E-state index contributed by atoms with van der Waals surface area (Å²) in [6.07, 6.45) is 2.10. The van der Waals surface area contributed by atoms with Crippen molar-refractivity contribution in [3.8, 4) is 0 Å². The van der Waals surface area contributed by atoms with Crippen LogP contribution in [-0.4, -0.2) is 60.4 Å². The van der Waals surface area contributed by atoms with Crippen molar-refractivity contribution < 1.29 is 13.3 Å². The first-order chi connectivity index (χ1) is 11.9. The number of unbranched alkanes of at least 4 members (excludes halogenated alkanes) is 1. The number of hydrogen-bond acceptors (Lipinski definition) is 5. The van der Waals surface area contributed by atoms with Gasteiger partial charge in [-0.3, -0.25) is 10.1 Å². The maximum Gasteiger partial charge on any atom is 0.270 e. The average molecular weight is 386 g/mol. The number of piperazine rings is 1. The molecule has 0 saturated carbocycles. The molecule has 10 heteroatoms. The Hall–Kier alpha value is -1.78. The largest absolute Gasteiger partial charge is 0.363 e. The van der Waals surface area contributed by atoms with Crippen molar-refractivity contribution in [1.82, 2.24) is 14.5 Å². The standard InChI is InChI=1S/C15H22N4O4S2/c1-2-3-7-16-15(24)17-8-10-18(11-9-17)25(22,23)14-6-4-5-13(12-14)19(20)21/h4-6,12H,2-3,7-11H2,1H3,(H,16,24). The van der Waals surface area contributed by atoms with E-state index in [-0.39, 0.29) is 10.6 Å². The molecular weight excluding hydrogens is 364 g/mol. The number of thiocarbonyl (C=S) groups is 1. The Balaban J connectivity index is 2.00. The number of benzene rings is 1. The van der Waals surface area contributed by atoms with E-state index in [0.717, 1.165) is 25.5 Å². The normalized spacial score (nSPS) is 15.8. The molecule has 2 rings (SSSR count). The molecule has 1 heterocycles. The number of nitro groups is 1. The molecule has 138 valence electrons. The highest BCUT2D eigenvalue weighted by atomic mass is 32.2. The topological polar surface area (TPSA) is 95.8 Å². The van der Waals surface area contributed by atoms with Crippen LogP contribution in [0.4, 0.5) is 5.69 Å². The monoisotopic (exact) mass is 386 g/mol. The number of nitrogens with one attached hydrogen (secondary N) is 1. The van der Waals surface area contributed by atoms with Crippen molar-refractivity contribution >= 4 is 33.0 Å². The van der Waals surface area contributed by atoms with Gasteiger partial charge in [0.2, 0.25) is 10.0 Å². The summed E-state index contributed by atoms with van der Waals surface area (Å²) < 4.78 is 26.7. The summed E-state index contributed by atoms with van der Waals surface area (Å²) in [6.45, 7) is 4.48. The number of nitrogens with zero attached hydrogens (tertiary/aromatic N) is 3. The van der Waals surface area contributed by atoms with Gasteiger partial charge < -0.3 is 10.2 Å². The number of hydrogen-bond donors (Lipinski definition) is 1. The lowest BCUT2D eigenvalue weighted by atomic mass is 10.3. The predicted molar refractivity (Wildman–Crippen MR) is 98.9 cm³/mol. The number of nitro benzene ring substituents is 1. The van der Waals surface area contributed by atoms with E-state index >= 15 is 0 Å². The van der Waals surface area contributed by atoms with Crippen molar-refractivity contribution in [2.45, 2.75) is 24.7 Å². The predicted octanol–water partition coefficient (Wildman–Crippen LogP) is 1.58. The minimum Gasteiger partial charge on any atom is -0.363 e. The molecule has 1 saturated heterocycles. The van der Waals surface area contributed by atoms with Crippen LogP contribution in [0.3, 0.4) is 0 Å². The summed E-state index contributed by atoms with van der Waals surface area (Å²) in [5.74, 6) is 0. The summed E-state index contributed by atoms with van der Waals surface area (Å²) in [7, 11) is -3.75.